The van der Waals surface area contributed by atoms with Crippen LogP contribution in [0.3, 0.4) is 0 Å². The van der Waals surface area contributed by atoms with Gasteiger partial charge >= 0.3 is 5.97 Å². The third-order valence-corrected chi connectivity index (χ3v) is 2.75. The van der Waals surface area contributed by atoms with E-state index in [2.05, 4.69) is 17.2 Å². The molecule has 1 aromatic heterocycles. The van der Waals surface area contributed by atoms with E-state index in [4.69, 9.17) is 5.11 Å². The SMILES string of the molecule is CC1CC(Nc2ncccc2C(=O)O)C1. The molecule has 0 atom stereocenters. The predicted molar refractivity (Wildman–Crippen MR) is 57.0 cm³/mol. The van der Waals surface area contributed by atoms with Crippen LogP contribution in [0.2, 0.25) is 0 Å². The summed E-state index contributed by atoms with van der Waals surface area (Å²) in [5, 5.41) is 12.1. The minimum Gasteiger partial charge on any atom is -0.478 e. The van der Waals surface area contributed by atoms with Gasteiger partial charge in [-0.2, -0.15) is 0 Å². The lowest BCUT2D eigenvalue weighted by molar-refractivity contribution is 0.0697. The number of pyridine rings is 1. The maximum Gasteiger partial charge on any atom is 0.339 e. The molecule has 1 aliphatic carbocycles. The molecule has 1 aliphatic rings. The zero-order valence-corrected chi connectivity index (χ0v) is 8.60. The van der Waals surface area contributed by atoms with Gasteiger partial charge in [0.05, 0.1) is 0 Å². The summed E-state index contributed by atoms with van der Waals surface area (Å²) < 4.78 is 0. The topological polar surface area (TPSA) is 62.2 Å². The molecule has 1 heterocycles. The number of hydrogen-bond acceptors (Lipinski definition) is 3. The Labute approximate surface area is 88.3 Å². The van der Waals surface area contributed by atoms with Gasteiger partial charge in [-0.25, -0.2) is 9.78 Å². The van der Waals surface area contributed by atoms with E-state index in [-0.39, 0.29) is 5.56 Å². The molecule has 0 spiro atoms. The smallest absolute Gasteiger partial charge is 0.339 e. The standard InChI is InChI=1S/C11H14N2O2/c1-7-5-8(6-7)13-10-9(11(14)15)3-2-4-12-10/h2-4,7-8H,5-6H2,1H3,(H,12,13)(H,14,15). The van der Waals surface area contributed by atoms with Crippen molar-refractivity contribution in [1.82, 2.24) is 4.98 Å². The largest absolute Gasteiger partial charge is 0.478 e. The van der Waals surface area contributed by atoms with Gasteiger partial charge in [0, 0.05) is 12.2 Å². The normalized spacial score (nSPS) is 24.3. The molecule has 15 heavy (non-hydrogen) atoms. The summed E-state index contributed by atoms with van der Waals surface area (Å²) in [7, 11) is 0. The van der Waals surface area contributed by atoms with Crippen LogP contribution in [0.5, 0.6) is 0 Å². The van der Waals surface area contributed by atoms with E-state index in [9.17, 15) is 4.79 Å². The molecule has 4 heteroatoms. The molecular weight excluding hydrogens is 192 g/mol. The molecule has 1 aromatic rings. The summed E-state index contributed by atoms with van der Waals surface area (Å²) in [6.07, 6.45) is 3.79. The van der Waals surface area contributed by atoms with Gasteiger partial charge in [-0.15, -0.1) is 0 Å². The van der Waals surface area contributed by atoms with Crippen LogP contribution >= 0.6 is 0 Å². The number of hydrogen-bond donors (Lipinski definition) is 2. The van der Waals surface area contributed by atoms with Crippen LogP contribution in [0.25, 0.3) is 0 Å². The number of rotatable bonds is 3. The van der Waals surface area contributed by atoms with Crippen molar-refractivity contribution in [3.05, 3.63) is 23.9 Å². The first-order chi connectivity index (χ1) is 7.16. The number of nitrogens with zero attached hydrogens (tertiary/aromatic N) is 1. The Morgan fingerprint density at radius 2 is 2.33 bits per heavy atom. The second-order valence-electron chi connectivity index (χ2n) is 4.12. The number of carboxylic acids is 1. The van der Waals surface area contributed by atoms with Crippen molar-refractivity contribution in [2.24, 2.45) is 5.92 Å². The fourth-order valence-electron chi connectivity index (χ4n) is 1.91. The Kier molecular flexibility index (Phi) is 2.58. The van der Waals surface area contributed by atoms with Crippen molar-refractivity contribution in [3.8, 4) is 0 Å². The zero-order chi connectivity index (χ0) is 10.8. The highest BCUT2D eigenvalue weighted by Crippen LogP contribution is 2.29. The number of aromatic carboxylic acids is 1. The highest BCUT2D eigenvalue weighted by Gasteiger charge is 2.26. The van der Waals surface area contributed by atoms with Crippen molar-refractivity contribution < 1.29 is 9.90 Å². The van der Waals surface area contributed by atoms with E-state index in [0.29, 0.717) is 11.9 Å². The van der Waals surface area contributed by atoms with Crippen LogP contribution < -0.4 is 5.32 Å². The van der Waals surface area contributed by atoms with Crippen molar-refractivity contribution in [3.63, 3.8) is 0 Å². The highest BCUT2D eigenvalue weighted by molar-refractivity contribution is 5.93. The molecule has 2 rings (SSSR count). The van der Waals surface area contributed by atoms with E-state index >= 15 is 0 Å². The number of aromatic nitrogens is 1. The summed E-state index contributed by atoms with van der Waals surface area (Å²) in [5.74, 6) is 0.291. The maximum atomic E-state index is 10.9. The van der Waals surface area contributed by atoms with Crippen LogP contribution in [0.1, 0.15) is 30.1 Å². The van der Waals surface area contributed by atoms with Gasteiger partial charge in [-0.05, 0) is 30.9 Å². The van der Waals surface area contributed by atoms with Crippen molar-refractivity contribution in [2.75, 3.05) is 5.32 Å². The molecule has 0 unspecified atom stereocenters. The Morgan fingerprint density at radius 1 is 1.60 bits per heavy atom. The van der Waals surface area contributed by atoms with Crippen molar-refractivity contribution >= 4 is 11.8 Å². The molecule has 1 fully saturated rings. The van der Waals surface area contributed by atoms with Gasteiger partial charge in [0.15, 0.2) is 0 Å². The molecule has 0 bridgehead atoms. The number of carboxylic acid groups (broad SMARTS) is 1. The Hall–Kier alpha value is -1.58. The van der Waals surface area contributed by atoms with Crippen molar-refractivity contribution in [2.45, 2.75) is 25.8 Å². The lowest BCUT2D eigenvalue weighted by atomic mass is 9.82. The monoisotopic (exact) mass is 206 g/mol. The third-order valence-electron chi connectivity index (χ3n) is 2.75. The summed E-state index contributed by atoms with van der Waals surface area (Å²) in [4.78, 5) is 14.9. The lowest BCUT2D eigenvalue weighted by Gasteiger charge is -2.33. The number of carbonyl (C=O) groups is 1. The van der Waals surface area contributed by atoms with Crippen LogP contribution in [0, 0.1) is 5.92 Å². The predicted octanol–water partition coefficient (Wildman–Crippen LogP) is 1.99. The van der Waals surface area contributed by atoms with Gasteiger partial charge in [0.1, 0.15) is 11.4 Å². The van der Waals surface area contributed by atoms with E-state index < -0.39 is 5.97 Å². The summed E-state index contributed by atoms with van der Waals surface area (Å²) >= 11 is 0. The fraction of sp³-hybridized carbons (Fsp3) is 0.455. The van der Waals surface area contributed by atoms with E-state index in [1.807, 2.05) is 0 Å². The first-order valence-corrected chi connectivity index (χ1v) is 5.11. The number of nitrogens with one attached hydrogen (secondary N) is 1. The Bertz CT molecular complexity index is 373. The molecule has 0 amide bonds. The van der Waals surface area contributed by atoms with E-state index in [1.165, 1.54) is 0 Å². The Morgan fingerprint density at radius 3 is 2.93 bits per heavy atom. The van der Waals surface area contributed by atoms with E-state index in [0.717, 1.165) is 18.8 Å². The third kappa shape index (κ3) is 2.09. The minimum absolute atomic E-state index is 0.247. The molecule has 0 aliphatic heterocycles. The molecule has 0 radical (unpaired) electrons. The van der Waals surface area contributed by atoms with Gasteiger partial charge < -0.3 is 10.4 Å². The van der Waals surface area contributed by atoms with Gasteiger partial charge in [0.2, 0.25) is 0 Å². The number of anilines is 1. The molecule has 2 N–H and O–H groups in total. The average molecular weight is 206 g/mol. The lowest BCUT2D eigenvalue weighted by Crippen LogP contribution is -2.34. The molecule has 0 aromatic carbocycles. The van der Waals surface area contributed by atoms with Crippen molar-refractivity contribution in [1.29, 1.82) is 0 Å². The molecule has 0 saturated heterocycles. The molecule has 4 nitrogen and oxygen atoms in total. The molecule has 80 valence electrons. The van der Waals surface area contributed by atoms with Gasteiger partial charge in [0.25, 0.3) is 0 Å². The van der Waals surface area contributed by atoms with E-state index in [1.54, 1.807) is 18.3 Å². The fourth-order valence-corrected chi connectivity index (χ4v) is 1.91. The summed E-state index contributed by atoms with van der Waals surface area (Å²) in [6, 6.07) is 3.59. The Balaban J connectivity index is 2.10. The first-order valence-electron chi connectivity index (χ1n) is 5.11. The first kappa shape index (κ1) is 9.96. The maximum absolute atomic E-state index is 10.9. The van der Waals surface area contributed by atoms with Crippen LogP contribution in [-0.4, -0.2) is 22.1 Å². The second kappa shape index (κ2) is 3.88. The van der Waals surface area contributed by atoms with Gasteiger partial charge in [-0.3, -0.25) is 0 Å². The molecule has 1 saturated carbocycles. The second-order valence-corrected chi connectivity index (χ2v) is 4.12. The quantitative estimate of drug-likeness (QED) is 0.793. The average Bonchev–Trinajstić information content (AvgIpc) is 2.16. The van der Waals surface area contributed by atoms with Gasteiger partial charge in [-0.1, -0.05) is 6.92 Å². The highest BCUT2D eigenvalue weighted by atomic mass is 16.4. The van der Waals surface area contributed by atoms with Crippen LogP contribution in [-0.2, 0) is 0 Å². The van der Waals surface area contributed by atoms with Crippen LogP contribution in [0.4, 0.5) is 5.82 Å². The summed E-state index contributed by atoms with van der Waals surface area (Å²) in [5.41, 5.74) is 0.247. The zero-order valence-electron chi connectivity index (χ0n) is 8.60. The van der Waals surface area contributed by atoms with Crippen LogP contribution in [0.15, 0.2) is 18.3 Å². The minimum atomic E-state index is -0.932. The molecular formula is C11H14N2O2. The summed E-state index contributed by atoms with van der Waals surface area (Å²) in [6.45, 7) is 2.19.